The van der Waals surface area contributed by atoms with Crippen molar-refractivity contribution < 1.29 is 19.1 Å². The molecule has 0 saturated carbocycles. The third kappa shape index (κ3) is 3.39. The predicted octanol–water partition coefficient (Wildman–Crippen LogP) is 2.16. The van der Waals surface area contributed by atoms with Gasteiger partial charge in [-0.05, 0) is 18.2 Å². The molecule has 26 heavy (non-hydrogen) atoms. The number of rotatable bonds is 4. The maximum atomic E-state index is 12.3. The highest BCUT2D eigenvalue weighted by Gasteiger charge is 2.32. The summed E-state index contributed by atoms with van der Waals surface area (Å²) < 4.78 is 10.6. The molecule has 2 aliphatic heterocycles. The van der Waals surface area contributed by atoms with E-state index in [4.69, 9.17) is 9.47 Å². The Kier molecular flexibility index (Phi) is 4.53. The largest absolute Gasteiger partial charge is 0.453 e. The first kappa shape index (κ1) is 16.5. The monoisotopic (exact) mass is 353 g/mol. The molecule has 2 aliphatic rings. The molecule has 4 rings (SSSR count). The van der Waals surface area contributed by atoms with E-state index in [2.05, 4.69) is 15.2 Å². The van der Waals surface area contributed by atoms with Gasteiger partial charge in [0.05, 0.1) is 37.1 Å². The molecule has 1 atom stereocenters. The van der Waals surface area contributed by atoms with Crippen LogP contribution in [0.4, 0.5) is 11.5 Å². The summed E-state index contributed by atoms with van der Waals surface area (Å²) >= 11 is 0. The van der Waals surface area contributed by atoms with Gasteiger partial charge >= 0.3 is 5.97 Å². The maximum absolute atomic E-state index is 12.3. The number of anilines is 2. The summed E-state index contributed by atoms with van der Waals surface area (Å²) in [5, 5.41) is 2.81. The summed E-state index contributed by atoms with van der Waals surface area (Å²) in [5.74, 6) is 0.264. The molecule has 134 valence electrons. The molecule has 0 aliphatic carbocycles. The summed E-state index contributed by atoms with van der Waals surface area (Å²) in [6, 6.07) is 10.8. The molecule has 1 aromatic heterocycles. The summed E-state index contributed by atoms with van der Waals surface area (Å²) in [4.78, 5) is 30.7. The number of carbonyl (C=O) groups is 2. The van der Waals surface area contributed by atoms with E-state index < -0.39 is 6.10 Å². The van der Waals surface area contributed by atoms with Crippen LogP contribution in [0.3, 0.4) is 0 Å². The molecule has 0 spiro atoms. The fourth-order valence-electron chi connectivity index (χ4n) is 3.19. The number of hydrogen-bond acceptors (Lipinski definition) is 6. The number of amides is 1. The zero-order valence-electron chi connectivity index (χ0n) is 14.2. The topological polar surface area (TPSA) is 80.8 Å². The third-order valence-electron chi connectivity index (χ3n) is 4.51. The molecular weight excluding hydrogens is 334 g/mol. The van der Waals surface area contributed by atoms with Crippen molar-refractivity contribution in [2.45, 2.75) is 12.5 Å². The van der Waals surface area contributed by atoms with Crippen LogP contribution in [-0.2, 0) is 14.3 Å². The first-order valence-electron chi connectivity index (χ1n) is 8.59. The quantitative estimate of drug-likeness (QED) is 0.849. The fourth-order valence-corrected chi connectivity index (χ4v) is 3.19. The van der Waals surface area contributed by atoms with Crippen LogP contribution in [-0.4, -0.2) is 43.2 Å². The lowest BCUT2D eigenvalue weighted by Gasteiger charge is -2.27. The van der Waals surface area contributed by atoms with E-state index in [0.717, 1.165) is 24.5 Å². The molecule has 0 radical (unpaired) electrons. The SMILES string of the molecule is O=C(C[C@@H]1OC(=O)c2ccccc21)Nc1ccc(N2CCOCC2)nc1. The molecule has 1 amide bonds. The Morgan fingerprint density at radius 2 is 2.00 bits per heavy atom. The molecule has 1 fully saturated rings. The molecule has 2 aromatic rings. The maximum Gasteiger partial charge on any atom is 0.339 e. The number of benzene rings is 1. The van der Waals surface area contributed by atoms with Gasteiger partial charge in [0, 0.05) is 18.7 Å². The second kappa shape index (κ2) is 7.13. The lowest BCUT2D eigenvalue weighted by atomic mass is 10.0. The van der Waals surface area contributed by atoms with Crippen LogP contribution in [0.5, 0.6) is 0 Å². The Hall–Kier alpha value is -2.93. The van der Waals surface area contributed by atoms with Crippen molar-refractivity contribution in [1.29, 1.82) is 0 Å². The minimum absolute atomic E-state index is 0.0773. The second-order valence-corrected chi connectivity index (χ2v) is 6.24. The van der Waals surface area contributed by atoms with Crippen LogP contribution in [0, 0.1) is 0 Å². The second-order valence-electron chi connectivity index (χ2n) is 6.24. The number of esters is 1. The molecule has 1 saturated heterocycles. The Balaban J connectivity index is 1.37. The number of cyclic esters (lactones) is 1. The van der Waals surface area contributed by atoms with Crippen molar-refractivity contribution >= 4 is 23.4 Å². The Labute approximate surface area is 150 Å². The van der Waals surface area contributed by atoms with E-state index in [-0.39, 0.29) is 18.3 Å². The molecule has 3 heterocycles. The number of nitrogens with zero attached hydrogens (tertiary/aromatic N) is 2. The summed E-state index contributed by atoms with van der Waals surface area (Å²) in [6.07, 6.45) is 1.17. The van der Waals surface area contributed by atoms with Crippen molar-refractivity contribution in [3.05, 3.63) is 53.7 Å². The minimum atomic E-state index is -0.542. The Morgan fingerprint density at radius 1 is 1.19 bits per heavy atom. The standard InChI is InChI=1S/C19H19N3O4/c23-18(11-16-14-3-1-2-4-15(14)19(24)26-16)21-13-5-6-17(20-12-13)22-7-9-25-10-8-22/h1-6,12,16H,7-11H2,(H,21,23)/t16-/m0/s1. The van der Waals surface area contributed by atoms with Gasteiger partial charge in [0.2, 0.25) is 5.91 Å². The zero-order valence-corrected chi connectivity index (χ0v) is 14.2. The number of hydrogen-bond donors (Lipinski definition) is 1. The first-order valence-corrected chi connectivity index (χ1v) is 8.59. The van der Waals surface area contributed by atoms with E-state index in [1.165, 1.54) is 0 Å². The van der Waals surface area contributed by atoms with Gasteiger partial charge in [-0.15, -0.1) is 0 Å². The van der Waals surface area contributed by atoms with E-state index in [1.54, 1.807) is 18.3 Å². The highest BCUT2D eigenvalue weighted by Crippen LogP contribution is 2.32. The summed E-state index contributed by atoms with van der Waals surface area (Å²) in [6.45, 7) is 3.01. The zero-order chi connectivity index (χ0) is 17.9. The molecule has 7 heteroatoms. The van der Waals surface area contributed by atoms with Gasteiger partial charge in [0.15, 0.2) is 0 Å². The smallest absolute Gasteiger partial charge is 0.339 e. The van der Waals surface area contributed by atoms with Crippen molar-refractivity contribution in [2.75, 3.05) is 36.5 Å². The Bertz CT molecular complexity index is 816. The normalized spacial score (nSPS) is 19.0. The summed E-state index contributed by atoms with van der Waals surface area (Å²) in [5.41, 5.74) is 1.90. The van der Waals surface area contributed by atoms with Crippen molar-refractivity contribution in [3.63, 3.8) is 0 Å². The lowest BCUT2D eigenvalue weighted by molar-refractivity contribution is -0.118. The fraction of sp³-hybridized carbons (Fsp3) is 0.316. The van der Waals surface area contributed by atoms with Crippen LogP contribution >= 0.6 is 0 Å². The molecule has 0 bridgehead atoms. The average Bonchev–Trinajstić information content (AvgIpc) is 2.99. The minimum Gasteiger partial charge on any atom is -0.453 e. The number of ether oxygens (including phenoxy) is 2. The van der Waals surface area contributed by atoms with Crippen LogP contribution in [0.15, 0.2) is 42.6 Å². The highest BCUT2D eigenvalue weighted by atomic mass is 16.5. The van der Waals surface area contributed by atoms with E-state index in [1.807, 2.05) is 24.3 Å². The van der Waals surface area contributed by atoms with Crippen molar-refractivity contribution in [2.24, 2.45) is 0 Å². The molecule has 1 aromatic carbocycles. The van der Waals surface area contributed by atoms with Gasteiger partial charge in [-0.2, -0.15) is 0 Å². The van der Waals surface area contributed by atoms with Crippen molar-refractivity contribution in [3.8, 4) is 0 Å². The van der Waals surface area contributed by atoms with Gasteiger partial charge in [0.1, 0.15) is 11.9 Å². The third-order valence-corrected chi connectivity index (χ3v) is 4.51. The van der Waals surface area contributed by atoms with Gasteiger partial charge in [-0.3, -0.25) is 4.79 Å². The van der Waals surface area contributed by atoms with Gasteiger partial charge in [0.25, 0.3) is 0 Å². The predicted molar refractivity (Wildman–Crippen MR) is 95.1 cm³/mol. The van der Waals surface area contributed by atoms with Gasteiger partial charge in [-0.1, -0.05) is 18.2 Å². The number of carbonyl (C=O) groups excluding carboxylic acids is 2. The van der Waals surface area contributed by atoms with Crippen molar-refractivity contribution in [1.82, 2.24) is 4.98 Å². The number of nitrogens with one attached hydrogen (secondary N) is 1. The summed E-state index contributed by atoms with van der Waals surface area (Å²) in [7, 11) is 0. The van der Waals surface area contributed by atoms with Crippen LogP contribution in [0.25, 0.3) is 0 Å². The number of pyridine rings is 1. The Morgan fingerprint density at radius 3 is 2.77 bits per heavy atom. The van der Waals surface area contributed by atoms with Crippen LogP contribution in [0.1, 0.15) is 28.4 Å². The number of aromatic nitrogens is 1. The molecular formula is C19H19N3O4. The molecule has 0 unspecified atom stereocenters. The van der Waals surface area contributed by atoms with E-state index >= 15 is 0 Å². The van der Waals surface area contributed by atoms with Gasteiger partial charge in [-0.25, -0.2) is 9.78 Å². The first-order chi connectivity index (χ1) is 12.7. The van der Waals surface area contributed by atoms with E-state index in [0.29, 0.717) is 24.5 Å². The van der Waals surface area contributed by atoms with Crippen LogP contribution < -0.4 is 10.2 Å². The average molecular weight is 353 g/mol. The molecule has 7 nitrogen and oxygen atoms in total. The van der Waals surface area contributed by atoms with E-state index in [9.17, 15) is 9.59 Å². The van der Waals surface area contributed by atoms with Gasteiger partial charge < -0.3 is 19.7 Å². The highest BCUT2D eigenvalue weighted by molar-refractivity contribution is 5.96. The lowest BCUT2D eigenvalue weighted by Crippen LogP contribution is -2.36. The van der Waals surface area contributed by atoms with Crippen LogP contribution in [0.2, 0.25) is 0 Å². The number of fused-ring (bicyclic) bond motifs is 1. The number of morpholine rings is 1. The molecule has 1 N–H and O–H groups in total.